The molecule has 0 radical (unpaired) electrons. The maximum Gasteiger partial charge on any atom is 0.326 e. The number of benzene rings is 2. The summed E-state index contributed by atoms with van der Waals surface area (Å²) in [6.45, 7) is 19.1. The number of likely N-dealkylation sites (tertiary alicyclic amines) is 1. The minimum absolute atomic E-state index is 0.0834. The SMILES string of the molecule is C=C(C)[C@@H]1N(CC(=O)OC(C)(C)C)C(=S)C[C@@H](c2cccc(Cl)c2)[C@]12C(=O)N(COCC[Si](C)(C)C)c1cc(Cl)ccc12. The number of thiocarbonyl (C=S) groups is 1. The third-order valence-corrected chi connectivity index (χ3v) is 10.5. The fourth-order valence-electron chi connectivity index (χ4n) is 6.27. The van der Waals surface area contributed by atoms with E-state index in [9.17, 15) is 4.79 Å². The summed E-state index contributed by atoms with van der Waals surface area (Å²) < 4.78 is 11.9. The molecule has 232 valence electrons. The Hall–Kier alpha value is -2.23. The Labute approximate surface area is 272 Å². The summed E-state index contributed by atoms with van der Waals surface area (Å²) in [6, 6.07) is 13.4. The quantitative estimate of drug-likeness (QED) is 0.0893. The number of piperidine rings is 1. The number of ether oxygens (including phenoxy) is 2. The van der Waals surface area contributed by atoms with Crippen LogP contribution in [0.15, 0.2) is 54.6 Å². The van der Waals surface area contributed by atoms with Gasteiger partial charge in [0.05, 0.1) is 16.7 Å². The number of nitrogens with zero attached hydrogens (tertiary/aromatic N) is 2. The molecule has 1 amide bonds. The Morgan fingerprint density at radius 3 is 2.42 bits per heavy atom. The van der Waals surface area contributed by atoms with Crippen LogP contribution in [0.3, 0.4) is 0 Å². The predicted octanol–water partition coefficient (Wildman–Crippen LogP) is 7.99. The van der Waals surface area contributed by atoms with E-state index in [4.69, 9.17) is 44.9 Å². The molecule has 0 N–H and O–H groups in total. The van der Waals surface area contributed by atoms with Crippen molar-refractivity contribution in [3.05, 3.63) is 75.8 Å². The van der Waals surface area contributed by atoms with Gasteiger partial charge in [0, 0.05) is 37.1 Å². The van der Waals surface area contributed by atoms with Crippen molar-refractivity contribution in [1.29, 1.82) is 0 Å². The summed E-state index contributed by atoms with van der Waals surface area (Å²) >= 11 is 19.0. The van der Waals surface area contributed by atoms with Crippen molar-refractivity contribution in [2.75, 3.05) is 24.8 Å². The number of carbonyl (C=O) groups excluding carboxylic acids is 2. The van der Waals surface area contributed by atoms with Crippen LogP contribution in [0.5, 0.6) is 0 Å². The summed E-state index contributed by atoms with van der Waals surface area (Å²) in [7, 11) is -1.35. The van der Waals surface area contributed by atoms with Gasteiger partial charge >= 0.3 is 5.97 Å². The minimum Gasteiger partial charge on any atom is -0.459 e. The van der Waals surface area contributed by atoms with E-state index in [-0.39, 0.29) is 19.2 Å². The fourth-order valence-corrected chi connectivity index (χ4v) is 7.73. The first kappa shape index (κ1) is 33.7. The van der Waals surface area contributed by atoms with Gasteiger partial charge in [0.1, 0.15) is 24.3 Å². The Morgan fingerprint density at radius 2 is 1.81 bits per heavy atom. The molecule has 2 aliphatic heterocycles. The number of anilines is 1. The fraction of sp³-hybridized carbons (Fsp3) is 0.485. The summed E-state index contributed by atoms with van der Waals surface area (Å²) in [5.41, 5.74) is 1.20. The van der Waals surface area contributed by atoms with Crippen LogP contribution in [0.25, 0.3) is 0 Å². The van der Waals surface area contributed by atoms with Gasteiger partial charge in [0.2, 0.25) is 5.91 Å². The molecule has 1 saturated heterocycles. The van der Waals surface area contributed by atoms with Crippen molar-refractivity contribution in [3.8, 4) is 0 Å². The number of halogens is 2. The highest BCUT2D eigenvalue weighted by Gasteiger charge is 2.64. The first-order valence-corrected chi connectivity index (χ1v) is 19.4. The van der Waals surface area contributed by atoms with E-state index in [2.05, 4.69) is 26.2 Å². The lowest BCUT2D eigenvalue weighted by molar-refractivity contribution is -0.156. The van der Waals surface area contributed by atoms with Crippen LogP contribution in [0, 0.1) is 0 Å². The molecule has 2 aromatic carbocycles. The Kier molecular flexibility index (Phi) is 9.89. The van der Waals surface area contributed by atoms with E-state index in [1.807, 2.05) is 69.0 Å². The highest BCUT2D eigenvalue weighted by molar-refractivity contribution is 7.80. The van der Waals surface area contributed by atoms with Gasteiger partial charge < -0.3 is 14.4 Å². The molecule has 1 fully saturated rings. The number of rotatable bonds is 9. The second-order valence-corrected chi connectivity index (χ2v) is 20.7. The van der Waals surface area contributed by atoms with E-state index in [0.29, 0.717) is 39.3 Å². The Balaban J connectivity index is 1.90. The zero-order valence-corrected chi connectivity index (χ0v) is 29.5. The highest BCUT2D eigenvalue weighted by Crippen LogP contribution is 2.58. The van der Waals surface area contributed by atoms with Gasteiger partial charge in [0.25, 0.3) is 0 Å². The predicted molar refractivity (Wildman–Crippen MR) is 182 cm³/mol. The lowest BCUT2D eigenvalue weighted by Gasteiger charge is -2.53. The molecular formula is C33H42Cl2N2O4SSi. The van der Waals surface area contributed by atoms with E-state index in [0.717, 1.165) is 17.2 Å². The van der Waals surface area contributed by atoms with Crippen molar-refractivity contribution >= 4 is 66.0 Å². The first-order chi connectivity index (χ1) is 20.0. The second-order valence-electron chi connectivity index (χ2n) is 13.8. The molecule has 0 saturated carbocycles. The number of esters is 1. The van der Waals surface area contributed by atoms with Crippen LogP contribution in [0.4, 0.5) is 5.69 Å². The molecule has 0 aliphatic carbocycles. The summed E-state index contributed by atoms with van der Waals surface area (Å²) in [5, 5.41) is 1.08. The molecule has 0 unspecified atom stereocenters. The molecular weight excluding hydrogens is 619 g/mol. The summed E-state index contributed by atoms with van der Waals surface area (Å²) in [4.78, 5) is 32.5. The molecule has 0 aromatic heterocycles. The van der Waals surface area contributed by atoms with Gasteiger partial charge in [0.15, 0.2) is 0 Å². The maximum atomic E-state index is 15.1. The van der Waals surface area contributed by atoms with Gasteiger partial charge in [-0.15, -0.1) is 0 Å². The van der Waals surface area contributed by atoms with Crippen LogP contribution in [0.2, 0.25) is 35.7 Å². The molecule has 0 bridgehead atoms. The zero-order valence-electron chi connectivity index (χ0n) is 26.1. The van der Waals surface area contributed by atoms with Gasteiger partial charge in [-0.3, -0.25) is 14.5 Å². The monoisotopic (exact) mass is 660 g/mol. The maximum absolute atomic E-state index is 15.1. The molecule has 2 aromatic rings. The van der Waals surface area contributed by atoms with Crippen LogP contribution in [0.1, 0.15) is 51.2 Å². The van der Waals surface area contributed by atoms with Crippen LogP contribution in [-0.4, -0.2) is 61.4 Å². The highest BCUT2D eigenvalue weighted by atomic mass is 35.5. The first-order valence-electron chi connectivity index (χ1n) is 14.6. The standard InChI is InChI=1S/C33H42Cl2N2O4SSi/c1-21(2)30-33(25-13-12-24(35)17-27(25)37(31(33)39)20-40-14-15-43(6,7)8)26(22-10-9-11-23(34)16-22)18-28(42)36(30)19-29(38)41-32(3,4)5/h9-13,16-17,26,30H,1,14-15,18-20H2,2-8H3/t26-,30-,33-/m0/s1. The van der Waals surface area contributed by atoms with Gasteiger partial charge in [-0.25, -0.2) is 0 Å². The molecule has 2 aliphatic rings. The average molecular weight is 662 g/mol. The lowest BCUT2D eigenvalue weighted by atomic mass is 9.58. The lowest BCUT2D eigenvalue weighted by Crippen LogP contribution is -2.65. The van der Waals surface area contributed by atoms with Gasteiger partial charge in [-0.05, 0) is 69.1 Å². The van der Waals surface area contributed by atoms with Gasteiger partial charge in [-0.1, -0.05) is 85.4 Å². The van der Waals surface area contributed by atoms with Gasteiger partial charge in [-0.2, -0.15) is 0 Å². The zero-order chi connectivity index (χ0) is 31.9. The number of carbonyl (C=O) groups is 2. The summed E-state index contributed by atoms with van der Waals surface area (Å²) in [6.07, 6.45) is 0.348. The van der Waals surface area contributed by atoms with Crippen molar-refractivity contribution in [2.45, 2.75) is 82.8 Å². The number of hydrogen-bond donors (Lipinski definition) is 0. The normalized spacial score (nSPS) is 22.3. The molecule has 43 heavy (non-hydrogen) atoms. The number of fused-ring (bicyclic) bond motifs is 2. The molecule has 2 heterocycles. The molecule has 10 heteroatoms. The van der Waals surface area contributed by atoms with E-state index < -0.39 is 37.0 Å². The Bertz CT molecular complexity index is 1440. The smallest absolute Gasteiger partial charge is 0.326 e. The van der Waals surface area contributed by atoms with E-state index in [1.165, 1.54) is 0 Å². The van der Waals surface area contributed by atoms with Crippen molar-refractivity contribution in [2.24, 2.45) is 0 Å². The topological polar surface area (TPSA) is 59.1 Å². The number of hydrogen-bond acceptors (Lipinski definition) is 5. The molecule has 1 spiro atoms. The number of amides is 1. The Morgan fingerprint density at radius 1 is 1.14 bits per heavy atom. The minimum atomic E-state index is -1.35. The van der Waals surface area contributed by atoms with E-state index >= 15 is 4.79 Å². The largest absolute Gasteiger partial charge is 0.459 e. The second kappa shape index (κ2) is 12.6. The average Bonchev–Trinajstić information content (AvgIpc) is 3.09. The van der Waals surface area contributed by atoms with E-state index in [1.54, 1.807) is 11.0 Å². The third kappa shape index (κ3) is 7.04. The summed E-state index contributed by atoms with van der Waals surface area (Å²) in [5.74, 6) is -0.965. The molecule has 4 rings (SSSR count). The molecule has 3 atom stereocenters. The van der Waals surface area contributed by atoms with Crippen LogP contribution >= 0.6 is 35.4 Å². The third-order valence-electron chi connectivity index (χ3n) is 7.94. The van der Waals surface area contributed by atoms with Crippen molar-refractivity contribution in [1.82, 2.24) is 4.90 Å². The van der Waals surface area contributed by atoms with Crippen LogP contribution in [-0.2, 0) is 24.5 Å². The molecule has 6 nitrogen and oxygen atoms in total. The van der Waals surface area contributed by atoms with Crippen LogP contribution < -0.4 is 4.90 Å². The van der Waals surface area contributed by atoms with Crippen molar-refractivity contribution < 1.29 is 19.1 Å². The van der Waals surface area contributed by atoms with Crippen molar-refractivity contribution in [3.63, 3.8) is 0 Å².